The zero-order chi connectivity index (χ0) is 15.5. The lowest BCUT2D eigenvalue weighted by atomic mass is 9.45. The van der Waals surface area contributed by atoms with E-state index in [0.717, 1.165) is 12.3 Å². The monoisotopic (exact) mass is 300 g/mol. The van der Waals surface area contributed by atoms with Crippen molar-refractivity contribution in [3.8, 4) is 0 Å². The first-order valence-corrected chi connectivity index (χ1v) is 7.97. The average molecular weight is 300 g/mol. The molecule has 0 radical (unpaired) electrons. The first-order chi connectivity index (χ1) is 10.5. The van der Waals surface area contributed by atoms with Crippen molar-refractivity contribution < 1.29 is 4.42 Å². The van der Waals surface area contributed by atoms with Crippen molar-refractivity contribution in [3.05, 3.63) is 39.3 Å². The van der Waals surface area contributed by atoms with E-state index in [-0.39, 0.29) is 0 Å². The summed E-state index contributed by atoms with van der Waals surface area (Å²) >= 11 is 0. The van der Waals surface area contributed by atoms with E-state index in [2.05, 4.69) is 18.8 Å². The van der Waals surface area contributed by atoms with Crippen LogP contribution in [0.4, 0.5) is 0 Å². The summed E-state index contributed by atoms with van der Waals surface area (Å²) in [5, 5.41) is 0.378. The minimum atomic E-state index is -0.600. The Kier molecular flexibility index (Phi) is 2.83. The highest BCUT2D eigenvalue weighted by Crippen LogP contribution is 2.61. The van der Waals surface area contributed by atoms with E-state index in [1.807, 2.05) is 0 Å². The van der Waals surface area contributed by atoms with Crippen LogP contribution in [0.5, 0.6) is 0 Å². The van der Waals surface area contributed by atoms with Crippen molar-refractivity contribution in [2.45, 2.75) is 39.7 Å². The molecule has 0 aromatic carbocycles. The summed E-state index contributed by atoms with van der Waals surface area (Å²) in [4.78, 5) is 28.2. The molecule has 0 N–H and O–H groups in total. The molecule has 0 aliphatic heterocycles. The van der Waals surface area contributed by atoms with Gasteiger partial charge in [-0.25, -0.2) is 14.6 Å². The van der Waals surface area contributed by atoms with Crippen LogP contribution in [-0.4, -0.2) is 9.55 Å². The third-order valence-electron chi connectivity index (χ3n) is 6.08. The molecule has 0 unspecified atom stereocenters. The van der Waals surface area contributed by atoms with Crippen molar-refractivity contribution in [2.24, 2.45) is 23.2 Å². The Morgan fingerprint density at radius 3 is 2.91 bits per heavy atom. The van der Waals surface area contributed by atoms with Gasteiger partial charge in [-0.05, 0) is 54.6 Å². The Morgan fingerprint density at radius 1 is 1.36 bits per heavy atom. The van der Waals surface area contributed by atoms with Crippen LogP contribution in [0.1, 0.15) is 33.1 Å². The van der Waals surface area contributed by atoms with E-state index in [1.54, 1.807) is 22.9 Å². The fourth-order valence-electron chi connectivity index (χ4n) is 4.62. The molecule has 2 bridgehead atoms. The summed E-state index contributed by atoms with van der Waals surface area (Å²) in [6, 6.07) is 3.35. The number of aromatic nitrogens is 2. The lowest BCUT2D eigenvalue weighted by Gasteiger charge is -2.60. The highest BCUT2D eigenvalue weighted by Gasteiger charge is 2.54. The summed E-state index contributed by atoms with van der Waals surface area (Å²) in [5.41, 5.74) is 0.214. The Morgan fingerprint density at radius 2 is 2.18 bits per heavy atom. The van der Waals surface area contributed by atoms with Crippen molar-refractivity contribution >= 4 is 11.0 Å². The van der Waals surface area contributed by atoms with Gasteiger partial charge in [0.25, 0.3) is 0 Å². The quantitative estimate of drug-likeness (QED) is 0.854. The second kappa shape index (κ2) is 4.54. The van der Waals surface area contributed by atoms with Crippen LogP contribution in [-0.2, 0) is 6.54 Å². The predicted octanol–water partition coefficient (Wildman–Crippen LogP) is 2.42. The molecule has 0 spiro atoms. The van der Waals surface area contributed by atoms with Crippen molar-refractivity contribution in [2.75, 3.05) is 0 Å². The summed E-state index contributed by atoms with van der Waals surface area (Å²) in [7, 11) is 0. The zero-order valence-corrected chi connectivity index (χ0v) is 12.9. The van der Waals surface area contributed by atoms with Crippen LogP contribution in [0.2, 0.25) is 0 Å². The Bertz CT molecular complexity index is 847. The number of rotatable bonds is 2. The molecule has 3 fully saturated rings. The molecule has 5 nitrogen and oxygen atoms in total. The van der Waals surface area contributed by atoms with Gasteiger partial charge in [-0.1, -0.05) is 13.8 Å². The Hall–Kier alpha value is -1.91. The van der Waals surface area contributed by atoms with Gasteiger partial charge in [-0.2, -0.15) is 0 Å². The third-order valence-corrected chi connectivity index (χ3v) is 6.08. The maximum atomic E-state index is 12.2. The molecule has 3 aliphatic rings. The van der Waals surface area contributed by atoms with E-state index in [4.69, 9.17) is 4.42 Å². The van der Waals surface area contributed by atoms with E-state index < -0.39 is 11.4 Å². The largest absolute Gasteiger partial charge is 0.423 e. The fourth-order valence-corrected chi connectivity index (χ4v) is 4.62. The van der Waals surface area contributed by atoms with Gasteiger partial charge in [0.15, 0.2) is 5.65 Å². The lowest BCUT2D eigenvalue weighted by Crippen LogP contribution is -2.53. The van der Waals surface area contributed by atoms with Crippen LogP contribution < -0.4 is 11.4 Å². The molecule has 116 valence electrons. The lowest BCUT2D eigenvalue weighted by molar-refractivity contribution is -0.109. The molecule has 2 aromatic heterocycles. The molecular formula is C17H20N2O3. The van der Waals surface area contributed by atoms with Crippen molar-refractivity contribution in [3.63, 3.8) is 0 Å². The van der Waals surface area contributed by atoms with E-state index in [9.17, 15) is 9.59 Å². The smallest absolute Gasteiger partial charge is 0.372 e. The number of hydrogen-bond donors (Lipinski definition) is 0. The van der Waals surface area contributed by atoms with Gasteiger partial charge in [0, 0.05) is 12.7 Å². The van der Waals surface area contributed by atoms with Crippen LogP contribution in [0.3, 0.4) is 0 Å². The van der Waals surface area contributed by atoms with E-state index in [1.165, 1.54) is 12.8 Å². The number of hydrogen-bond acceptors (Lipinski definition) is 4. The molecule has 5 heteroatoms. The molecule has 3 aliphatic carbocycles. The maximum absolute atomic E-state index is 12.2. The normalized spacial score (nSPS) is 29.3. The number of pyridine rings is 1. The molecule has 0 amide bonds. The topological polar surface area (TPSA) is 65.1 Å². The summed E-state index contributed by atoms with van der Waals surface area (Å²) < 4.78 is 6.43. The highest BCUT2D eigenvalue weighted by molar-refractivity contribution is 5.72. The highest BCUT2D eigenvalue weighted by atomic mass is 16.4. The van der Waals surface area contributed by atoms with Crippen molar-refractivity contribution in [1.29, 1.82) is 0 Å². The number of fused-ring (bicyclic) bond motifs is 3. The average Bonchev–Trinajstić information content (AvgIpc) is 2.51. The number of nitrogens with zero attached hydrogens (tertiary/aromatic N) is 2. The Balaban J connectivity index is 1.76. The molecule has 5 rings (SSSR count). The summed E-state index contributed by atoms with van der Waals surface area (Å²) in [6.07, 6.45) is 5.24. The summed E-state index contributed by atoms with van der Waals surface area (Å²) in [6.45, 7) is 5.27. The molecule has 3 saturated carbocycles. The van der Waals surface area contributed by atoms with E-state index >= 15 is 0 Å². The minimum Gasteiger partial charge on any atom is -0.372 e. The van der Waals surface area contributed by atoms with Crippen LogP contribution in [0, 0.1) is 23.2 Å². The van der Waals surface area contributed by atoms with Gasteiger partial charge in [-0.15, -0.1) is 0 Å². The van der Waals surface area contributed by atoms with Gasteiger partial charge in [-0.3, -0.25) is 4.57 Å². The second-order valence-electron chi connectivity index (χ2n) is 7.34. The van der Waals surface area contributed by atoms with Gasteiger partial charge < -0.3 is 4.42 Å². The molecule has 3 atom stereocenters. The van der Waals surface area contributed by atoms with Gasteiger partial charge in [0.05, 0.1) is 0 Å². The molecule has 0 saturated heterocycles. The maximum Gasteiger partial charge on any atom is 0.423 e. The summed E-state index contributed by atoms with van der Waals surface area (Å²) in [5.74, 6) is 1.34. The first-order valence-electron chi connectivity index (χ1n) is 7.97. The first kappa shape index (κ1) is 13.7. The molecule has 2 heterocycles. The Labute approximate surface area is 128 Å². The molecule has 2 aromatic rings. The molecule has 22 heavy (non-hydrogen) atoms. The SMILES string of the molecule is CC1(C)[C@H]2CC[C@@H](Cn3c(=O)oc(=O)c4cccnc43)[C@@H]1C2. The minimum absolute atomic E-state index is 0.366. The van der Waals surface area contributed by atoms with Crippen molar-refractivity contribution in [1.82, 2.24) is 9.55 Å². The zero-order valence-electron chi connectivity index (χ0n) is 12.9. The van der Waals surface area contributed by atoms with Crippen LogP contribution in [0.25, 0.3) is 11.0 Å². The van der Waals surface area contributed by atoms with Gasteiger partial charge in [0.2, 0.25) is 0 Å². The van der Waals surface area contributed by atoms with Gasteiger partial charge in [0.1, 0.15) is 5.39 Å². The van der Waals surface area contributed by atoms with E-state index in [0.29, 0.717) is 34.8 Å². The third kappa shape index (κ3) is 1.81. The molecular weight excluding hydrogens is 280 g/mol. The fraction of sp³-hybridized carbons (Fsp3) is 0.588. The van der Waals surface area contributed by atoms with Crippen LogP contribution >= 0.6 is 0 Å². The van der Waals surface area contributed by atoms with Gasteiger partial charge >= 0.3 is 11.4 Å². The second-order valence-corrected chi connectivity index (χ2v) is 7.34. The standard InChI is InChI=1S/C17H20N2O3/c1-17(2)11-6-5-10(13(17)8-11)9-19-14-12(4-3-7-18-14)15(20)22-16(19)21/h3-4,7,10-11,13H,5-6,8-9H2,1-2H3/t10-,11-,13-/m0/s1. The predicted molar refractivity (Wildman–Crippen MR) is 82.6 cm³/mol. The van der Waals surface area contributed by atoms with Crippen LogP contribution in [0.15, 0.2) is 32.3 Å².